The standard InChI is InChI=1S/C33H43N3O5S2/c1-6-9-22-34-33(38)29(7-2)35(23-26-15-11-10-14-25(26)4)32(37)24-36(30-16-12-13-17-31(30)41-8-3)43(39,40)28-20-18-27(42-5)19-21-28/h10-21,29H,6-9,22-24H2,1-5H3,(H,34,38)/t29-/m0/s1. The van der Waals surface area contributed by atoms with Crippen LogP contribution in [0.1, 0.15) is 51.2 Å². The van der Waals surface area contributed by atoms with Crippen LogP contribution in [0.3, 0.4) is 0 Å². The van der Waals surface area contributed by atoms with Crippen LogP contribution in [0, 0.1) is 6.92 Å². The number of amides is 2. The molecule has 8 nitrogen and oxygen atoms in total. The number of hydrogen-bond acceptors (Lipinski definition) is 6. The maximum absolute atomic E-state index is 14.3. The second kappa shape index (κ2) is 16.4. The number of anilines is 1. The molecule has 0 fully saturated rings. The van der Waals surface area contributed by atoms with Gasteiger partial charge in [-0.15, -0.1) is 11.8 Å². The Hall–Kier alpha value is -3.50. The van der Waals surface area contributed by atoms with Crippen LogP contribution in [0.25, 0.3) is 0 Å². The summed E-state index contributed by atoms with van der Waals surface area (Å²) in [6.07, 6.45) is 4.03. The SMILES string of the molecule is CCCCNC(=O)[C@H](CC)N(Cc1ccccc1C)C(=O)CN(c1ccccc1OCC)S(=O)(=O)c1ccc(SC)cc1. The molecule has 10 heteroatoms. The molecule has 0 heterocycles. The Morgan fingerprint density at radius 3 is 2.26 bits per heavy atom. The number of carbonyl (C=O) groups excluding carboxylic acids is 2. The topological polar surface area (TPSA) is 96.0 Å². The molecule has 43 heavy (non-hydrogen) atoms. The highest BCUT2D eigenvalue weighted by molar-refractivity contribution is 7.98. The van der Waals surface area contributed by atoms with E-state index >= 15 is 0 Å². The third kappa shape index (κ3) is 8.76. The zero-order chi connectivity index (χ0) is 31.4. The molecule has 2 amide bonds. The molecule has 3 rings (SSSR count). The largest absolute Gasteiger partial charge is 0.492 e. The third-order valence-electron chi connectivity index (χ3n) is 7.18. The number of nitrogens with one attached hydrogen (secondary N) is 1. The summed E-state index contributed by atoms with van der Waals surface area (Å²) in [7, 11) is -4.20. The quantitative estimate of drug-likeness (QED) is 0.154. The van der Waals surface area contributed by atoms with Crippen molar-refractivity contribution >= 4 is 39.3 Å². The number of sulfonamides is 1. The van der Waals surface area contributed by atoms with Gasteiger partial charge in [-0.2, -0.15) is 0 Å². The maximum atomic E-state index is 14.3. The Kier molecular flexibility index (Phi) is 12.9. The van der Waals surface area contributed by atoms with E-state index in [1.807, 2.05) is 58.2 Å². The fourth-order valence-corrected chi connectivity index (χ4v) is 6.56. The zero-order valence-electron chi connectivity index (χ0n) is 25.7. The highest BCUT2D eigenvalue weighted by Crippen LogP contribution is 2.33. The molecule has 0 aromatic heterocycles. The summed E-state index contributed by atoms with van der Waals surface area (Å²) in [6.45, 7) is 8.14. The normalized spacial score (nSPS) is 11.9. The lowest BCUT2D eigenvalue weighted by Gasteiger charge is -2.34. The number of benzene rings is 3. The fraction of sp³-hybridized carbons (Fsp3) is 0.394. The Morgan fingerprint density at radius 2 is 1.63 bits per heavy atom. The van der Waals surface area contributed by atoms with Gasteiger partial charge in [0.1, 0.15) is 18.3 Å². The van der Waals surface area contributed by atoms with Gasteiger partial charge in [-0.25, -0.2) is 8.42 Å². The van der Waals surface area contributed by atoms with Gasteiger partial charge in [0.2, 0.25) is 11.8 Å². The van der Waals surface area contributed by atoms with Crippen LogP contribution < -0.4 is 14.4 Å². The molecule has 0 spiro atoms. The van der Waals surface area contributed by atoms with Crippen LogP contribution in [0.15, 0.2) is 82.6 Å². The molecule has 0 saturated carbocycles. The Bertz CT molecular complexity index is 1460. The number of hydrogen-bond donors (Lipinski definition) is 1. The van der Waals surface area contributed by atoms with Gasteiger partial charge in [0.25, 0.3) is 10.0 Å². The van der Waals surface area contributed by atoms with Crippen LogP contribution in [-0.2, 0) is 26.2 Å². The number of nitrogens with zero attached hydrogens (tertiary/aromatic N) is 2. The monoisotopic (exact) mass is 625 g/mol. The molecule has 0 aliphatic carbocycles. The highest BCUT2D eigenvalue weighted by atomic mass is 32.2. The van der Waals surface area contributed by atoms with Crippen molar-refractivity contribution in [3.8, 4) is 5.75 Å². The van der Waals surface area contributed by atoms with Gasteiger partial charge in [-0.3, -0.25) is 13.9 Å². The van der Waals surface area contributed by atoms with Crippen molar-refractivity contribution in [3.05, 3.63) is 83.9 Å². The third-order valence-corrected chi connectivity index (χ3v) is 9.70. The summed E-state index contributed by atoms with van der Waals surface area (Å²) in [4.78, 5) is 30.2. The first kappa shape index (κ1) is 34.0. The summed E-state index contributed by atoms with van der Waals surface area (Å²) in [6, 6.07) is 20.3. The average molecular weight is 626 g/mol. The number of ether oxygens (including phenoxy) is 1. The van der Waals surface area contributed by atoms with Crippen LogP contribution in [0.5, 0.6) is 5.75 Å². The Labute approximate surface area is 260 Å². The van der Waals surface area contributed by atoms with Crippen molar-refractivity contribution in [1.29, 1.82) is 0 Å². The molecule has 0 saturated heterocycles. The maximum Gasteiger partial charge on any atom is 0.264 e. The minimum atomic E-state index is -4.20. The Morgan fingerprint density at radius 1 is 0.953 bits per heavy atom. The van der Waals surface area contributed by atoms with E-state index in [-0.39, 0.29) is 23.0 Å². The van der Waals surface area contributed by atoms with E-state index in [4.69, 9.17) is 4.74 Å². The van der Waals surface area contributed by atoms with Gasteiger partial charge in [0.15, 0.2) is 0 Å². The molecular formula is C33H43N3O5S2. The minimum absolute atomic E-state index is 0.0548. The van der Waals surface area contributed by atoms with Gasteiger partial charge in [-0.1, -0.05) is 56.7 Å². The van der Waals surface area contributed by atoms with E-state index in [0.717, 1.165) is 33.2 Å². The first-order valence-electron chi connectivity index (χ1n) is 14.7. The molecule has 1 atom stereocenters. The zero-order valence-corrected chi connectivity index (χ0v) is 27.3. The minimum Gasteiger partial charge on any atom is -0.492 e. The van der Waals surface area contributed by atoms with E-state index in [1.165, 1.54) is 16.7 Å². The summed E-state index contributed by atoms with van der Waals surface area (Å²) in [5.41, 5.74) is 2.11. The number of para-hydroxylation sites is 2. The number of unbranched alkanes of at least 4 members (excludes halogenated alkanes) is 1. The lowest BCUT2D eigenvalue weighted by Crippen LogP contribution is -2.52. The molecule has 0 unspecified atom stereocenters. The van der Waals surface area contributed by atoms with Crippen molar-refractivity contribution in [2.24, 2.45) is 0 Å². The van der Waals surface area contributed by atoms with Crippen molar-refractivity contribution < 1.29 is 22.7 Å². The second-order valence-corrected chi connectivity index (χ2v) is 12.8. The number of aryl methyl sites for hydroxylation is 1. The Balaban J connectivity index is 2.10. The van der Waals surface area contributed by atoms with E-state index in [2.05, 4.69) is 5.32 Å². The second-order valence-electron chi connectivity index (χ2n) is 10.1. The van der Waals surface area contributed by atoms with Crippen molar-refractivity contribution in [2.45, 2.75) is 69.3 Å². The summed E-state index contributed by atoms with van der Waals surface area (Å²) >= 11 is 1.51. The van der Waals surface area contributed by atoms with E-state index in [9.17, 15) is 18.0 Å². The molecule has 0 aliphatic heterocycles. The number of thioether (sulfide) groups is 1. The van der Waals surface area contributed by atoms with Crippen LogP contribution in [-0.4, -0.2) is 57.1 Å². The number of carbonyl (C=O) groups is 2. The van der Waals surface area contributed by atoms with Gasteiger partial charge in [-0.05, 0) is 80.5 Å². The summed E-state index contributed by atoms with van der Waals surface area (Å²) in [5, 5.41) is 2.96. The summed E-state index contributed by atoms with van der Waals surface area (Å²) < 4.78 is 35.3. The smallest absolute Gasteiger partial charge is 0.264 e. The molecular weight excluding hydrogens is 583 g/mol. The molecule has 3 aromatic rings. The van der Waals surface area contributed by atoms with Crippen molar-refractivity contribution in [2.75, 3.05) is 30.3 Å². The van der Waals surface area contributed by atoms with Gasteiger partial charge >= 0.3 is 0 Å². The molecule has 0 aliphatic rings. The summed E-state index contributed by atoms with van der Waals surface area (Å²) in [5.74, 6) is -0.400. The fourth-order valence-electron chi connectivity index (χ4n) is 4.73. The van der Waals surface area contributed by atoms with E-state index in [0.29, 0.717) is 25.3 Å². The molecule has 0 radical (unpaired) electrons. The van der Waals surface area contributed by atoms with Gasteiger partial charge < -0.3 is 15.0 Å². The first-order chi connectivity index (χ1) is 20.7. The van der Waals surface area contributed by atoms with Crippen molar-refractivity contribution in [1.82, 2.24) is 10.2 Å². The first-order valence-corrected chi connectivity index (χ1v) is 17.3. The molecule has 232 valence electrons. The lowest BCUT2D eigenvalue weighted by atomic mass is 10.1. The van der Waals surface area contributed by atoms with Crippen molar-refractivity contribution in [3.63, 3.8) is 0 Å². The predicted octanol–water partition coefficient (Wildman–Crippen LogP) is 6.03. The van der Waals surface area contributed by atoms with Gasteiger partial charge in [0, 0.05) is 18.0 Å². The molecule has 3 aromatic carbocycles. The highest BCUT2D eigenvalue weighted by Gasteiger charge is 2.34. The lowest BCUT2D eigenvalue weighted by molar-refractivity contribution is -0.140. The van der Waals surface area contributed by atoms with E-state index in [1.54, 1.807) is 48.5 Å². The van der Waals surface area contributed by atoms with Crippen LogP contribution in [0.2, 0.25) is 0 Å². The average Bonchev–Trinajstić information content (AvgIpc) is 3.01. The molecule has 0 bridgehead atoms. The predicted molar refractivity (Wildman–Crippen MR) is 174 cm³/mol. The van der Waals surface area contributed by atoms with Crippen LogP contribution >= 0.6 is 11.8 Å². The van der Waals surface area contributed by atoms with E-state index < -0.39 is 28.5 Å². The van der Waals surface area contributed by atoms with Gasteiger partial charge in [0.05, 0.1) is 17.2 Å². The number of rotatable bonds is 16. The van der Waals surface area contributed by atoms with Crippen LogP contribution in [0.4, 0.5) is 5.69 Å². The molecule has 1 N–H and O–H groups in total.